The van der Waals surface area contributed by atoms with E-state index in [-0.39, 0.29) is 57.2 Å². The summed E-state index contributed by atoms with van der Waals surface area (Å²) in [7, 11) is 0. The molecular weight excluding hydrogens is 201 g/mol. The van der Waals surface area contributed by atoms with Crippen LogP contribution in [0.5, 0.6) is 0 Å². The molecule has 1 aromatic heterocycles. The van der Waals surface area contributed by atoms with E-state index in [9.17, 15) is 14.7 Å². The van der Waals surface area contributed by atoms with Crippen molar-refractivity contribution in [1.82, 2.24) is 9.97 Å². The number of carbonyl (C=O) groups excluding carboxylic acids is 2. The van der Waals surface area contributed by atoms with Gasteiger partial charge >= 0.3 is 51.4 Å². The van der Waals surface area contributed by atoms with Gasteiger partial charge in [-0.3, -0.25) is 4.79 Å². The Balaban J connectivity index is 0.00000144. The van der Waals surface area contributed by atoms with E-state index in [0.717, 1.165) is 0 Å². The maximum Gasteiger partial charge on any atom is 1.00 e. The third kappa shape index (κ3) is 3.49. The van der Waals surface area contributed by atoms with Crippen LogP contribution in [-0.4, -0.2) is 21.7 Å². The van der Waals surface area contributed by atoms with Crippen LogP contribution >= 0.6 is 0 Å². The first-order valence-electron chi connectivity index (χ1n) is 2.95. The Morgan fingerprint density at radius 1 is 1.46 bits per heavy atom. The molecule has 1 rings (SSSR count). The molecule has 0 atom stereocenters. The van der Waals surface area contributed by atoms with Gasteiger partial charge < -0.3 is 15.6 Å². The van der Waals surface area contributed by atoms with Crippen LogP contribution in [0.15, 0.2) is 12.3 Å². The second kappa shape index (κ2) is 5.40. The number of carboxylic acid groups (broad SMARTS) is 1. The normalized spacial score (nSPS) is 8.62. The number of nitrogens with zero attached hydrogens (tertiary/aromatic N) is 2. The number of nitrogens with two attached hydrogens (primary N) is 1. The maximum atomic E-state index is 10.7. The Hall–Kier alpha value is -0.344. The molecule has 6 nitrogen and oxygen atoms in total. The fraction of sp³-hybridized carbons (Fsp3) is 0. The molecule has 0 saturated heterocycles. The van der Waals surface area contributed by atoms with Gasteiger partial charge in [0, 0.05) is 6.20 Å². The Bertz CT molecular complexity index is 342. The van der Waals surface area contributed by atoms with Gasteiger partial charge in [-0.25, -0.2) is 9.97 Å². The first-order chi connectivity index (χ1) is 5.61. The number of rotatable bonds is 2. The average Bonchev–Trinajstić information content (AvgIpc) is 2.03. The molecule has 0 aliphatic carbocycles. The number of anilines is 1. The molecule has 0 spiro atoms. The molecular formula is C6H4KN3O3. The summed E-state index contributed by atoms with van der Waals surface area (Å²) in [6.07, 6.45) is 1.19. The van der Waals surface area contributed by atoms with Crippen LogP contribution in [0.25, 0.3) is 0 Å². The predicted octanol–water partition coefficient (Wildman–Crippen LogP) is -5.00. The summed E-state index contributed by atoms with van der Waals surface area (Å²) in [4.78, 5) is 27.5. The number of aromatic nitrogens is 2. The summed E-state index contributed by atoms with van der Waals surface area (Å²) in [6.45, 7) is 0. The zero-order chi connectivity index (χ0) is 9.14. The molecule has 13 heavy (non-hydrogen) atoms. The molecule has 1 aromatic rings. The van der Waals surface area contributed by atoms with Crippen LogP contribution in [0.2, 0.25) is 0 Å². The smallest absolute Gasteiger partial charge is 0.541 e. The third-order valence-electron chi connectivity index (χ3n) is 1.07. The maximum absolute atomic E-state index is 10.7. The SMILES string of the molecule is Nc1ccnc(C(=O)C(=O)[O-])n1.[K+]. The molecule has 0 aliphatic heterocycles. The van der Waals surface area contributed by atoms with Gasteiger partial charge in [0.1, 0.15) is 11.8 Å². The summed E-state index contributed by atoms with van der Waals surface area (Å²) in [5.41, 5.74) is 5.18. The number of ketones is 1. The monoisotopic (exact) mass is 205 g/mol. The van der Waals surface area contributed by atoms with Crippen molar-refractivity contribution >= 4 is 17.6 Å². The van der Waals surface area contributed by atoms with Crippen LogP contribution in [0.1, 0.15) is 10.6 Å². The van der Waals surface area contributed by atoms with Gasteiger partial charge in [0.2, 0.25) is 11.6 Å². The first-order valence-corrected chi connectivity index (χ1v) is 2.95. The summed E-state index contributed by atoms with van der Waals surface area (Å²) < 4.78 is 0. The van der Waals surface area contributed by atoms with Gasteiger partial charge in [-0.15, -0.1) is 0 Å². The molecule has 0 aromatic carbocycles. The molecule has 2 N–H and O–H groups in total. The molecule has 0 fully saturated rings. The Labute approximate surface area is 116 Å². The number of hydrogen-bond acceptors (Lipinski definition) is 6. The van der Waals surface area contributed by atoms with Crippen molar-refractivity contribution < 1.29 is 66.1 Å². The summed E-state index contributed by atoms with van der Waals surface area (Å²) in [5, 5.41) is 10.0. The molecule has 0 radical (unpaired) electrons. The van der Waals surface area contributed by atoms with E-state index in [2.05, 4.69) is 9.97 Å². The quantitative estimate of drug-likeness (QED) is 0.294. The standard InChI is InChI=1S/C6H5N3O3.K/c7-3-1-2-8-5(9-3)4(10)6(11)12;/h1-2H,(H,11,12)(H2,7,8,9);/q;+1/p-1. The molecule has 0 unspecified atom stereocenters. The van der Waals surface area contributed by atoms with Gasteiger partial charge in [-0.2, -0.15) is 0 Å². The zero-order valence-corrected chi connectivity index (χ0v) is 9.97. The summed E-state index contributed by atoms with van der Waals surface area (Å²) >= 11 is 0. The molecule has 0 aliphatic rings. The zero-order valence-electron chi connectivity index (χ0n) is 6.85. The van der Waals surface area contributed by atoms with E-state index in [1.807, 2.05) is 0 Å². The minimum absolute atomic E-state index is 0. The second-order valence-electron chi connectivity index (χ2n) is 1.92. The van der Waals surface area contributed by atoms with E-state index in [4.69, 9.17) is 5.73 Å². The second-order valence-corrected chi connectivity index (χ2v) is 1.92. The summed E-state index contributed by atoms with van der Waals surface area (Å²) in [5.74, 6) is -3.55. The average molecular weight is 205 g/mol. The van der Waals surface area contributed by atoms with E-state index in [0.29, 0.717) is 0 Å². The van der Waals surface area contributed by atoms with Gasteiger partial charge in [0.05, 0.1) is 0 Å². The van der Waals surface area contributed by atoms with Crippen molar-refractivity contribution in [3.05, 3.63) is 18.1 Å². The minimum atomic E-state index is -1.85. The molecule has 0 bridgehead atoms. The van der Waals surface area contributed by atoms with E-state index in [1.165, 1.54) is 12.3 Å². The number of aliphatic carboxylic acids is 1. The minimum Gasteiger partial charge on any atom is -0.541 e. The Morgan fingerprint density at radius 2 is 2.08 bits per heavy atom. The van der Waals surface area contributed by atoms with Crippen LogP contribution in [0.4, 0.5) is 5.82 Å². The van der Waals surface area contributed by atoms with E-state index in [1.54, 1.807) is 0 Å². The van der Waals surface area contributed by atoms with Gasteiger partial charge in [0.15, 0.2) is 0 Å². The number of nitrogen functional groups attached to an aromatic ring is 1. The number of hydrogen-bond donors (Lipinski definition) is 1. The van der Waals surface area contributed by atoms with Crippen molar-refractivity contribution in [2.45, 2.75) is 0 Å². The fourth-order valence-corrected chi connectivity index (χ4v) is 0.573. The predicted molar refractivity (Wildman–Crippen MR) is 35.8 cm³/mol. The van der Waals surface area contributed by atoms with Crippen LogP contribution in [0.3, 0.4) is 0 Å². The summed E-state index contributed by atoms with van der Waals surface area (Å²) in [6, 6.07) is 1.34. The molecule has 1 heterocycles. The molecule has 7 heteroatoms. The fourth-order valence-electron chi connectivity index (χ4n) is 0.573. The van der Waals surface area contributed by atoms with Crippen molar-refractivity contribution in [2.24, 2.45) is 0 Å². The van der Waals surface area contributed by atoms with Crippen molar-refractivity contribution in [3.8, 4) is 0 Å². The topological polar surface area (TPSA) is 109 Å². The Kier molecular flexibility index (Phi) is 5.26. The van der Waals surface area contributed by atoms with Crippen LogP contribution in [-0.2, 0) is 4.79 Å². The van der Waals surface area contributed by atoms with Crippen LogP contribution in [0, 0.1) is 0 Å². The van der Waals surface area contributed by atoms with Gasteiger partial charge in [0.25, 0.3) is 0 Å². The van der Waals surface area contributed by atoms with Crippen molar-refractivity contribution in [1.29, 1.82) is 0 Å². The number of Topliss-reactive ketones (excluding diaryl/α,β-unsaturated/α-hetero) is 1. The van der Waals surface area contributed by atoms with Gasteiger partial charge in [-0.05, 0) is 6.07 Å². The number of carboxylic acids is 1. The van der Waals surface area contributed by atoms with Crippen molar-refractivity contribution in [3.63, 3.8) is 0 Å². The third-order valence-corrected chi connectivity index (χ3v) is 1.07. The van der Waals surface area contributed by atoms with E-state index >= 15 is 0 Å². The first kappa shape index (κ1) is 12.7. The molecule has 62 valence electrons. The van der Waals surface area contributed by atoms with Crippen molar-refractivity contribution in [2.75, 3.05) is 5.73 Å². The largest absolute Gasteiger partial charge is 1.00 e. The molecule has 0 saturated carbocycles. The Morgan fingerprint density at radius 3 is 2.54 bits per heavy atom. The number of carbonyl (C=O) groups is 2. The van der Waals surface area contributed by atoms with Crippen LogP contribution < -0.4 is 62.2 Å². The molecule has 0 amide bonds. The van der Waals surface area contributed by atoms with Gasteiger partial charge in [-0.1, -0.05) is 0 Å². The van der Waals surface area contributed by atoms with E-state index < -0.39 is 17.6 Å².